The third-order valence-electron chi connectivity index (χ3n) is 3.77. The van der Waals surface area contributed by atoms with Gasteiger partial charge in [0.15, 0.2) is 0 Å². The zero-order valence-electron chi connectivity index (χ0n) is 11.3. The second kappa shape index (κ2) is 7.57. The third kappa shape index (κ3) is 5.07. The van der Waals surface area contributed by atoms with Crippen LogP contribution in [-0.4, -0.2) is 49.1 Å². The van der Waals surface area contributed by atoms with Crippen LogP contribution in [0, 0.1) is 5.92 Å². The van der Waals surface area contributed by atoms with Crippen molar-refractivity contribution in [2.24, 2.45) is 5.92 Å². The molecule has 0 bridgehead atoms. The van der Waals surface area contributed by atoms with E-state index in [1.165, 1.54) is 38.1 Å². The highest BCUT2D eigenvalue weighted by molar-refractivity contribution is 7.98. The van der Waals surface area contributed by atoms with Gasteiger partial charge in [0.2, 0.25) is 0 Å². The van der Waals surface area contributed by atoms with Crippen LogP contribution >= 0.6 is 11.8 Å². The monoisotopic (exact) mass is 244 g/mol. The van der Waals surface area contributed by atoms with Crippen molar-refractivity contribution in [2.45, 2.75) is 45.2 Å². The van der Waals surface area contributed by atoms with Crippen LogP contribution in [0.4, 0.5) is 0 Å². The maximum Gasteiger partial charge on any atom is 0.00704 e. The highest BCUT2D eigenvalue weighted by Gasteiger charge is 2.22. The SMILES string of the molecule is CSCCC(C)NC(C)C1CCN(C)CC1. The molecule has 0 saturated carbocycles. The summed E-state index contributed by atoms with van der Waals surface area (Å²) in [5.74, 6) is 2.15. The zero-order chi connectivity index (χ0) is 12.0. The highest BCUT2D eigenvalue weighted by atomic mass is 32.2. The number of hydrogen-bond donors (Lipinski definition) is 1. The fraction of sp³-hybridized carbons (Fsp3) is 1.00. The van der Waals surface area contributed by atoms with Gasteiger partial charge in [0.25, 0.3) is 0 Å². The van der Waals surface area contributed by atoms with Crippen molar-refractivity contribution in [3.63, 3.8) is 0 Å². The standard InChI is InChI=1S/C13H28N2S/c1-11(7-10-16-4)14-12(2)13-5-8-15(3)9-6-13/h11-14H,5-10H2,1-4H3. The van der Waals surface area contributed by atoms with E-state index in [9.17, 15) is 0 Å². The molecule has 0 aromatic heterocycles. The van der Waals surface area contributed by atoms with E-state index in [4.69, 9.17) is 0 Å². The van der Waals surface area contributed by atoms with Crippen LogP contribution in [-0.2, 0) is 0 Å². The number of nitrogens with one attached hydrogen (secondary N) is 1. The summed E-state index contributed by atoms with van der Waals surface area (Å²) in [6.07, 6.45) is 6.20. The van der Waals surface area contributed by atoms with Crippen LogP contribution in [0.15, 0.2) is 0 Å². The van der Waals surface area contributed by atoms with E-state index >= 15 is 0 Å². The molecular formula is C13H28N2S. The Morgan fingerprint density at radius 3 is 2.50 bits per heavy atom. The van der Waals surface area contributed by atoms with E-state index in [0.717, 1.165) is 5.92 Å². The van der Waals surface area contributed by atoms with E-state index in [0.29, 0.717) is 12.1 Å². The van der Waals surface area contributed by atoms with Gasteiger partial charge < -0.3 is 10.2 Å². The van der Waals surface area contributed by atoms with Gasteiger partial charge in [-0.2, -0.15) is 11.8 Å². The Hall–Kier alpha value is 0.270. The van der Waals surface area contributed by atoms with Crippen LogP contribution in [0.2, 0.25) is 0 Å². The predicted molar refractivity (Wildman–Crippen MR) is 75.3 cm³/mol. The number of thioether (sulfide) groups is 1. The number of rotatable bonds is 6. The van der Waals surface area contributed by atoms with Gasteiger partial charge in [-0.25, -0.2) is 0 Å². The van der Waals surface area contributed by atoms with Gasteiger partial charge in [0.1, 0.15) is 0 Å². The fourth-order valence-electron chi connectivity index (χ4n) is 2.49. The van der Waals surface area contributed by atoms with Crippen LogP contribution in [0.25, 0.3) is 0 Å². The Balaban J connectivity index is 2.20. The van der Waals surface area contributed by atoms with Gasteiger partial charge in [-0.3, -0.25) is 0 Å². The number of likely N-dealkylation sites (tertiary alicyclic amines) is 1. The van der Waals surface area contributed by atoms with Gasteiger partial charge >= 0.3 is 0 Å². The normalized spacial score (nSPS) is 23.2. The molecule has 96 valence electrons. The molecule has 2 atom stereocenters. The van der Waals surface area contributed by atoms with Crippen molar-refractivity contribution in [1.29, 1.82) is 0 Å². The molecule has 1 aliphatic rings. The summed E-state index contributed by atoms with van der Waals surface area (Å²) in [5, 5.41) is 3.77. The Kier molecular flexibility index (Phi) is 6.78. The zero-order valence-corrected chi connectivity index (χ0v) is 12.1. The lowest BCUT2D eigenvalue weighted by atomic mass is 9.90. The molecule has 2 nitrogen and oxygen atoms in total. The highest BCUT2D eigenvalue weighted by Crippen LogP contribution is 2.20. The fourth-order valence-corrected chi connectivity index (χ4v) is 3.08. The molecule has 1 fully saturated rings. The first-order chi connectivity index (χ1) is 7.63. The van der Waals surface area contributed by atoms with Gasteiger partial charge in [-0.15, -0.1) is 0 Å². The average molecular weight is 244 g/mol. The molecule has 1 N–H and O–H groups in total. The van der Waals surface area contributed by atoms with Gasteiger partial charge in [-0.05, 0) is 71.2 Å². The molecule has 1 rings (SSSR count). The summed E-state index contributed by atoms with van der Waals surface area (Å²) >= 11 is 1.95. The van der Waals surface area contributed by atoms with E-state index in [1.807, 2.05) is 11.8 Å². The van der Waals surface area contributed by atoms with E-state index in [-0.39, 0.29) is 0 Å². The Labute approximate surface area is 106 Å². The van der Waals surface area contributed by atoms with Crippen molar-refractivity contribution < 1.29 is 0 Å². The van der Waals surface area contributed by atoms with Crippen LogP contribution in [0.1, 0.15) is 33.1 Å². The van der Waals surface area contributed by atoms with Gasteiger partial charge in [0, 0.05) is 12.1 Å². The van der Waals surface area contributed by atoms with Gasteiger partial charge in [0.05, 0.1) is 0 Å². The molecule has 0 aromatic carbocycles. The summed E-state index contributed by atoms with van der Waals surface area (Å²) in [5.41, 5.74) is 0. The van der Waals surface area contributed by atoms with Crippen LogP contribution in [0.3, 0.4) is 0 Å². The van der Waals surface area contributed by atoms with Crippen molar-refractivity contribution in [2.75, 3.05) is 32.1 Å². The first-order valence-corrected chi connectivity index (χ1v) is 7.96. The molecule has 0 radical (unpaired) electrons. The number of hydrogen-bond acceptors (Lipinski definition) is 3. The quantitative estimate of drug-likeness (QED) is 0.772. The summed E-state index contributed by atoms with van der Waals surface area (Å²) < 4.78 is 0. The second-order valence-electron chi connectivity index (χ2n) is 5.28. The van der Waals surface area contributed by atoms with Crippen molar-refractivity contribution >= 4 is 11.8 Å². The smallest absolute Gasteiger partial charge is 0.00704 e. The molecule has 1 saturated heterocycles. The summed E-state index contributed by atoms with van der Waals surface area (Å²) in [4.78, 5) is 2.44. The minimum atomic E-state index is 0.669. The topological polar surface area (TPSA) is 15.3 Å². The van der Waals surface area contributed by atoms with Crippen LogP contribution < -0.4 is 5.32 Å². The Bertz CT molecular complexity index is 179. The molecule has 1 heterocycles. The van der Waals surface area contributed by atoms with E-state index < -0.39 is 0 Å². The first-order valence-electron chi connectivity index (χ1n) is 6.57. The molecule has 16 heavy (non-hydrogen) atoms. The first kappa shape index (κ1) is 14.3. The summed E-state index contributed by atoms with van der Waals surface area (Å²) in [7, 11) is 2.23. The Morgan fingerprint density at radius 2 is 1.94 bits per heavy atom. The van der Waals surface area contributed by atoms with Gasteiger partial charge in [-0.1, -0.05) is 0 Å². The molecule has 0 amide bonds. The lowest BCUT2D eigenvalue weighted by molar-refractivity contribution is 0.184. The molecule has 2 unspecified atom stereocenters. The summed E-state index contributed by atoms with van der Waals surface area (Å²) in [6.45, 7) is 7.24. The van der Waals surface area contributed by atoms with Crippen LogP contribution in [0.5, 0.6) is 0 Å². The van der Waals surface area contributed by atoms with Crippen molar-refractivity contribution in [1.82, 2.24) is 10.2 Å². The molecule has 0 aliphatic carbocycles. The average Bonchev–Trinajstić information content (AvgIpc) is 2.27. The van der Waals surface area contributed by atoms with Crippen molar-refractivity contribution in [3.8, 4) is 0 Å². The lowest BCUT2D eigenvalue weighted by Gasteiger charge is -2.34. The van der Waals surface area contributed by atoms with E-state index in [2.05, 4.69) is 37.4 Å². The predicted octanol–water partition coefficient (Wildman–Crippen LogP) is 2.45. The molecule has 1 aliphatic heterocycles. The maximum atomic E-state index is 3.77. The van der Waals surface area contributed by atoms with Crippen molar-refractivity contribution in [3.05, 3.63) is 0 Å². The second-order valence-corrected chi connectivity index (χ2v) is 6.26. The molecule has 3 heteroatoms. The maximum absolute atomic E-state index is 3.77. The molecular weight excluding hydrogens is 216 g/mol. The van der Waals surface area contributed by atoms with E-state index in [1.54, 1.807) is 0 Å². The largest absolute Gasteiger partial charge is 0.311 e. The minimum Gasteiger partial charge on any atom is -0.311 e. The number of piperidine rings is 1. The molecule has 0 aromatic rings. The minimum absolute atomic E-state index is 0.669. The Morgan fingerprint density at radius 1 is 1.31 bits per heavy atom. The summed E-state index contributed by atoms with van der Waals surface area (Å²) in [6, 6.07) is 1.35. The number of nitrogens with zero attached hydrogens (tertiary/aromatic N) is 1. The third-order valence-corrected chi connectivity index (χ3v) is 4.42. The molecule has 0 spiro atoms. The lowest BCUT2D eigenvalue weighted by Crippen LogP contribution is -2.44.